The molecule has 0 atom stereocenters. The van der Waals surface area contributed by atoms with Crippen LogP contribution >= 0.6 is 12.6 Å². The number of hydrogen-bond acceptors (Lipinski definition) is 6. The van der Waals surface area contributed by atoms with E-state index in [9.17, 15) is 14.9 Å². The topological polar surface area (TPSA) is 93.2 Å². The van der Waals surface area contributed by atoms with Gasteiger partial charge < -0.3 is 4.74 Å². The number of hydrogen-bond donors (Lipinski definition) is 1. The molecule has 1 rings (SSSR count). The summed E-state index contributed by atoms with van der Waals surface area (Å²) in [6.45, 7) is 1.69. The van der Waals surface area contributed by atoms with Crippen LogP contribution in [0.4, 0.5) is 5.69 Å². The van der Waals surface area contributed by atoms with Crippen molar-refractivity contribution >= 4 is 24.3 Å². The summed E-state index contributed by atoms with van der Waals surface area (Å²) in [4.78, 5) is 21.6. The smallest absolute Gasteiger partial charge is 0.346 e. The van der Waals surface area contributed by atoms with Crippen molar-refractivity contribution in [1.82, 2.24) is 0 Å². The Labute approximate surface area is 102 Å². The van der Waals surface area contributed by atoms with Crippen molar-refractivity contribution in [2.75, 3.05) is 6.61 Å². The molecule has 17 heavy (non-hydrogen) atoms. The van der Waals surface area contributed by atoms with Gasteiger partial charge in [-0.05, 0) is 13.0 Å². The van der Waals surface area contributed by atoms with Crippen LogP contribution in [0, 0.1) is 21.4 Å². The highest BCUT2D eigenvalue weighted by molar-refractivity contribution is 7.80. The van der Waals surface area contributed by atoms with Crippen molar-refractivity contribution in [2.24, 2.45) is 0 Å². The molecule has 0 saturated carbocycles. The van der Waals surface area contributed by atoms with E-state index in [1.807, 2.05) is 0 Å². The molecule has 0 saturated heterocycles. The maximum absolute atomic E-state index is 11.5. The lowest BCUT2D eigenvalue weighted by atomic mass is 10.1. The molecule has 1 aromatic rings. The second kappa shape index (κ2) is 5.32. The first kappa shape index (κ1) is 13.0. The molecule has 0 N–H and O–H groups in total. The van der Waals surface area contributed by atoms with Crippen LogP contribution in [0.2, 0.25) is 0 Å². The van der Waals surface area contributed by atoms with Crippen LogP contribution in [0.1, 0.15) is 22.8 Å². The Bertz CT molecular complexity index is 522. The highest BCUT2D eigenvalue weighted by Crippen LogP contribution is 2.27. The SMILES string of the molecule is CCOC(=O)c1c(S)cc(C#N)cc1[N+](=O)[O-]. The monoisotopic (exact) mass is 252 g/mol. The minimum atomic E-state index is -0.825. The molecule has 88 valence electrons. The summed E-state index contributed by atoms with van der Waals surface area (Å²) < 4.78 is 4.70. The van der Waals surface area contributed by atoms with Crippen LogP contribution in [0.15, 0.2) is 17.0 Å². The summed E-state index contributed by atoms with van der Waals surface area (Å²) in [7, 11) is 0. The minimum absolute atomic E-state index is 0.0502. The first-order valence-electron chi connectivity index (χ1n) is 4.59. The summed E-state index contributed by atoms with van der Waals surface area (Å²) >= 11 is 3.96. The Balaban J connectivity index is 3.43. The maximum Gasteiger partial charge on any atom is 0.346 e. The van der Waals surface area contributed by atoms with Gasteiger partial charge >= 0.3 is 5.97 Å². The molecule has 0 aromatic heterocycles. The number of ether oxygens (including phenoxy) is 1. The molecular formula is C10H8N2O4S. The van der Waals surface area contributed by atoms with Crippen molar-refractivity contribution in [3.63, 3.8) is 0 Å². The lowest BCUT2D eigenvalue weighted by molar-refractivity contribution is -0.385. The number of nitro groups is 1. The quantitative estimate of drug-likeness (QED) is 0.384. The van der Waals surface area contributed by atoms with Gasteiger partial charge in [0.25, 0.3) is 5.69 Å². The summed E-state index contributed by atoms with van der Waals surface area (Å²) in [5, 5.41) is 19.5. The van der Waals surface area contributed by atoms with E-state index in [1.54, 1.807) is 13.0 Å². The predicted octanol–water partition coefficient (Wildman–Crippen LogP) is 1.93. The molecular weight excluding hydrogens is 244 g/mol. The van der Waals surface area contributed by atoms with Gasteiger partial charge in [0.2, 0.25) is 0 Å². The fourth-order valence-corrected chi connectivity index (χ4v) is 1.58. The average Bonchev–Trinajstić information content (AvgIpc) is 2.27. The Kier molecular flexibility index (Phi) is 4.06. The standard InChI is InChI=1S/C10H8N2O4S/c1-2-16-10(13)9-7(12(14)15)3-6(5-11)4-8(9)17/h3-4,17H,2H2,1H3. The van der Waals surface area contributed by atoms with Crippen LogP contribution in [0.25, 0.3) is 0 Å². The lowest BCUT2D eigenvalue weighted by Gasteiger charge is -2.05. The van der Waals surface area contributed by atoms with E-state index in [1.165, 1.54) is 6.07 Å². The van der Waals surface area contributed by atoms with Crippen LogP contribution in [-0.2, 0) is 4.74 Å². The third-order valence-corrected chi connectivity index (χ3v) is 2.25. The number of rotatable bonds is 3. The molecule has 0 radical (unpaired) electrons. The fraction of sp³-hybridized carbons (Fsp3) is 0.200. The molecule has 1 aromatic carbocycles. The summed E-state index contributed by atoms with van der Waals surface area (Å²) in [5.74, 6) is -0.825. The van der Waals surface area contributed by atoms with E-state index in [4.69, 9.17) is 10.00 Å². The highest BCUT2D eigenvalue weighted by atomic mass is 32.1. The number of carbonyl (C=O) groups is 1. The van der Waals surface area contributed by atoms with Gasteiger partial charge in [0.05, 0.1) is 23.2 Å². The predicted molar refractivity (Wildman–Crippen MR) is 61.0 cm³/mol. The van der Waals surface area contributed by atoms with Crippen molar-refractivity contribution in [3.05, 3.63) is 33.4 Å². The molecule has 0 aliphatic carbocycles. The summed E-state index contributed by atoms with van der Waals surface area (Å²) in [5.41, 5.74) is -0.651. The average molecular weight is 252 g/mol. The fourth-order valence-electron chi connectivity index (χ4n) is 1.23. The second-order valence-corrected chi connectivity index (χ2v) is 3.46. The first-order valence-corrected chi connectivity index (χ1v) is 5.04. The van der Waals surface area contributed by atoms with Crippen LogP contribution in [-0.4, -0.2) is 17.5 Å². The number of esters is 1. The van der Waals surface area contributed by atoms with Gasteiger partial charge in [-0.2, -0.15) is 5.26 Å². The molecule has 0 heterocycles. The molecule has 0 aliphatic heterocycles. The molecule has 6 nitrogen and oxygen atoms in total. The Morgan fingerprint density at radius 2 is 2.29 bits per heavy atom. The van der Waals surface area contributed by atoms with Gasteiger partial charge in [0, 0.05) is 11.0 Å². The Morgan fingerprint density at radius 3 is 2.76 bits per heavy atom. The zero-order chi connectivity index (χ0) is 13.0. The van der Waals surface area contributed by atoms with Crippen LogP contribution in [0.5, 0.6) is 0 Å². The summed E-state index contributed by atoms with van der Waals surface area (Å²) in [6, 6.07) is 4.06. The molecule has 0 spiro atoms. The lowest BCUT2D eigenvalue weighted by Crippen LogP contribution is -2.09. The van der Waals surface area contributed by atoms with Gasteiger partial charge in [-0.25, -0.2) is 4.79 Å². The zero-order valence-electron chi connectivity index (χ0n) is 8.84. The van der Waals surface area contributed by atoms with Crippen molar-refractivity contribution < 1.29 is 14.5 Å². The number of nitriles is 1. The second-order valence-electron chi connectivity index (χ2n) is 2.98. The number of benzene rings is 1. The van der Waals surface area contributed by atoms with Gasteiger partial charge in [-0.15, -0.1) is 12.6 Å². The third kappa shape index (κ3) is 2.73. The van der Waals surface area contributed by atoms with Crippen molar-refractivity contribution in [1.29, 1.82) is 5.26 Å². The van der Waals surface area contributed by atoms with E-state index in [-0.39, 0.29) is 22.6 Å². The van der Waals surface area contributed by atoms with Crippen molar-refractivity contribution in [3.8, 4) is 6.07 Å². The van der Waals surface area contributed by atoms with Crippen LogP contribution in [0.3, 0.4) is 0 Å². The van der Waals surface area contributed by atoms with E-state index in [0.717, 1.165) is 6.07 Å². The third-order valence-electron chi connectivity index (χ3n) is 1.90. The number of nitrogens with zero attached hydrogens (tertiary/aromatic N) is 2. The molecule has 0 aliphatic rings. The maximum atomic E-state index is 11.5. The van der Waals surface area contributed by atoms with Gasteiger partial charge in [0.1, 0.15) is 0 Å². The number of carbonyl (C=O) groups excluding carboxylic acids is 1. The molecule has 0 amide bonds. The van der Waals surface area contributed by atoms with Gasteiger partial charge in [0.15, 0.2) is 5.56 Å². The first-order chi connectivity index (χ1) is 8.01. The molecule has 0 fully saturated rings. The van der Waals surface area contributed by atoms with Crippen LogP contribution < -0.4 is 0 Å². The van der Waals surface area contributed by atoms with Crippen molar-refractivity contribution in [2.45, 2.75) is 11.8 Å². The Morgan fingerprint density at radius 1 is 1.65 bits per heavy atom. The largest absolute Gasteiger partial charge is 0.462 e. The molecule has 0 bridgehead atoms. The van der Waals surface area contributed by atoms with Gasteiger partial charge in [-0.3, -0.25) is 10.1 Å². The number of nitro benzene ring substituents is 1. The molecule has 7 heteroatoms. The van der Waals surface area contributed by atoms with E-state index in [0.29, 0.717) is 0 Å². The van der Waals surface area contributed by atoms with E-state index in [2.05, 4.69) is 12.6 Å². The zero-order valence-corrected chi connectivity index (χ0v) is 9.73. The van der Waals surface area contributed by atoms with Gasteiger partial charge in [-0.1, -0.05) is 0 Å². The summed E-state index contributed by atoms with van der Waals surface area (Å²) in [6.07, 6.45) is 0. The molecule has 0 unspecified atom stereocenters. The Hall–Kier alpha value is -2.07. The number of thiol groups is 1. The normalized spacial score (nSPS) is 9.47. The minimum Gasteiger partial charge on any atom is -0.462 e. The van der Waals surface area contributed by atoms with E-state index < -0.39 is 16.6 Å². The highest BCUT2D eigenvalue weighted by Gasteiger charge is 2.25. The van der Waals surface area contributed by atoms with E-state index >= 15 is 0 Å².